The Morgan fingerprint density at radius 1 is 1.26 bits per heavy atom. The summed E-state index contributed by atoms with van der Waals surface area (Å²) < 4.78 is 0. The van der Waals surface area contributed by atoms with Gasteiger partial charge in [0.05, 0.1) is 11.6 Å². The second-order valence-electron chi connectivity index (χ2n) is 4.87. The van der Waals surface area contributed by atoms with Gasteiger partial charge in [-0.25, -0.2) is 0 Å². The lowest BCUT2D eigenvalue weighted by molar-refractivity contribution is -0.124. The number of aromatic nitrogens is 2. The first-order chi connectivity index (χ1) is 9.21. The van der Waals surface area contributed by atoms with Gasteiger partial charge in [-0.2, -0.15) is 5.10 Å². The van der Waals surface area contributed by atoms with Crippen molar-refractivity contribution in [2.45, 2.75) is 24.7 Å². The van der Waals surface area contributed by atoms with Crippen LogP contribution in [0, 0.1) is 0 Å². The van der Waals surface area contributed by atoms with Gasteiger partial charge in [0, 0.05) is 11.1 Å². The summed E-state index contributed by atoms with van der Waals surface area (Å²) in [7, 11) is 0. The van der Waals surface area contributed by atoms with Crippen molar-refractivity contribution in [2.24, 2.45) is 0 Å². The van der Waals surface area contributed by atoms with Crippen LogP contribution in [0.4, 0.5) is 5.82 Å². The standard InChI is InChI=1S/C14H14ClN3O/c15-11-4-2-10(3-5-11)14(7-1-8-14)13(19)17-12-6-9-16-18-12/h2-6,9H,1,7-8H2,(H2,16,17,18,19). The first-order valence-corrected chi connectivity index (χ1v) is 6.65. The Morgan fingerprint density at radius 3 is 2.53 bits per heavy atom. The first kappa shape index (κ1) is 12.2. The molecule has 5 heteroatoms. The van der Waals surface area contributed by atoms with Crippen molar-refractivity contribution >= 4 is 23.3 Å². The minimum absolute atomic E-state index is 0.0188. The van der Waals surface area contributed by atoms with Gasteiger partial charge in [0.25, 0.3) is 0 Å². The maximum Gasteiger partial charge on any atom is 0.236 e. The number of rotatable bonds is 3. The van der Waals surface area contributed by atoms with Gasteiger partial charge in [-0.05, 0) is 30.5 Å². The second kappa shape index (κ2) is 4.70. The third-order valence-electron chi connectivity index (χ3n) is 3.79. The fraction of sp³-hybridized carbons (Fsp3) is 0.286. The van der Waals surface area contributed by atoms with Gasteiger partial charge in [0.2, 0.25) is 5.91 Å². The molecule has 1 aliphatic rings. The van der Waals surface area contributed by atoms with E-state index in [4.69, 9.17) is 11.6 Å². The average Bonchev–Trinajstić information content (AvgIpc) is 2.83. The average molecular weight is 276 g/mol. The molecule has 2 N–H and O–H groups in total. The maximum absolute atomic E-state index is 12.5. The number of nitrogens with one attached hydrogen (secondary N) is 2. The maximum atomic E-state index is 12.5. The Kier molecular flexibility index (Phi) is 3.03. The molecule has 1 saturated carbocycles. The molecule has 1 aromatic carbocycles. The summed E-state index contributed by atoms with van der Waals surface area (Å²) in [5.41, 5.74) is 0.607. The zero-order chi connectivity index (χ0) is 13.3. The van der Waals surface area contributed by atoms with Crippen molar-refractivity contribution in [3.8, 4) is 0 Å². The van der Waals surface area contributed by atoms with Crippen LogP contribution in [0.2, 0.25) is 5.02 Å². The lowest BCUT2D eigenvalue weighted by Crippen LogP contribution is -2.46. The molecule has 2 aromatic rings. The number of halogens is 1. The van der Waals surface area contributed by atoms with E-state index in [1.165, 1.54) is 0 Å². The smallest absolute Gasteiger partial charge is 0.236 e. The summed E-state index contributed by atoms with van der Waals surface area (Å²) in [5, 5.41) is 10.1. The number of H-pyrrole nitrogens is 1. The summed E-state index contributed by atoms with van der Waals surface area (Å²) in [6.45, 7) is 0. The summed E-state index contributed by atoms with van der Waals surface area (Å²) in [5.74, 6) is 0.649. The molecule has 19 heavy (non-hydrogen) atoms. The van der Waals surface area contributed by atoms with E-state index in [1.807, 2.05) is 24.3 Å². The quantitative estimate of drug-likeness (QED) is 0.904. The molecule has 0 unspecified atom stereocenters. The lowest BCUT2D eigenvalue weighted by atomic mass is 9.64. The first-order valence-electron chi connectivity index (χ1n) is 6.28. The highest BCUT2D eigenvalue weighted by Gasteiger charge is 2.45. The molecule has 1 heterocycles. The molecule has 0 aliphatic heterocycles. The Labute approximate surface area is 116 Å². The topological polar surface area (TPSA) is 57.8 Å². The number of aromatic amines is 1. The van der Waals surface area contributed by atoms with Gasteiger partial charge >= 0.3 is 0 Å². The van der Waals surface area contributed by atoms with Crippen LogP contribution in [0.1, 0.15) is 24.8 Å². The van der Waals surface area contributed by atoms with Crippen molar-refractivity contribution in [1.29, 1.82) is 0 Å². The van der Waals surface area contributed by atoms with Crippen LogP contribution < -0.4 is 5.32 Å². The molecule has 0 atom stereocenters. The predicted molar refractivity (Wildman–Crippen MR) is 74.2 cm³/mol. The summed E-state index contributed by atoms with van der Waals surface area (Å²) in [6.07, 6.45) is 4.42. The molecule has 0 spiro atoms. The molecule has 1 fully saturated rings. The predicted octanol–water partition coefficient (Wildman–Crippen LogP) is 3.12. The van der Waals surface area contributed by atoms with E-state index in [1.54, 1.807) is 12.3 Å². The van der Waals surface area contributed by atoms with E-state index >= 15 is 0 Å². The lowest BCUT2D eigenvalue weighted by Gasteiger charge is -2.40. The minimum atomic E-state index is -0.421. The fourth-order valence-electron chi connectivity index (χ4n) is 2.51. The van der Waals surface area contributed by atoms with Crippen molar-refractivity contribution < 1.29 is 4.79 Å². The SMILES string of the molecule is O=C(Nc1ccn[nH]1)C1(c2ccc(Cl)cc2)CCC1. The van der Waals surface area contributed by atoms with E-state index in [0.29, 0.717) is 10.8 Å². The van der Waals surface area contributed by atoms with Gasteiger partial charge in [-0.1, -0.05) is 30.2 Å². The molecule has 1 aliphatic carbocycles. The third kappa shape index (κ3) is 2.12. The van der Waals surface area contributed by atoms with Crippen LogP contribution >= 0.6 is 11.6 Å². The molecular weight excluding hydrogens is 262 g/mol. The number of amides is 1. The van der Waals surface area contributed by atoms with E-state index in [-0.39, 0.29) is 5.91 Å². The van der Waals surface area contributed by atoms with Crippen molar-refractivity contribution in [3.63, 3.8) is 0 Å². The zero-order valence-corrected chi connectivity index (χ0v) is 11.1. The fourth-order valence-corrected chi connectivity index (χ4v) is 2.64. The van der Waals surface area contributed by atoms with Crippen LogP contribution in [-0.2, 0) is 10.2 Å². The highest BCUT2D eigenvalue weighted by atomic mass is 35.5. The highest BCUT2D eigenvalue weighted by Crippen LogP contribution is 2.44. The number of hydrogen-bond acceptors (Lipinski definition) is 2. The van der Waals surface area contributed by atoms with E-state index in [9.17, 15) is 4.79 Å². The van der Waals surface area contributed by atoms with E-state index in [2.05, 4.69) is 15.5 Å². The zero-order valence-electron chi connectivity index (χ0n) is 10.3. The summed E-state index contributed by atoms with van der Waals surface area (Å²) >= 11 is 5.90. The van der Waals surface area contributed by atoms with Crippen LogP contribution in [0.25, 0.3) is 0 Å². The van der Waals surface area contributed by atoms with Gasteiger partial charge < -0.3 is 5.32 Å². The number of benzene rings is 1. The minimum Gasteiger partial charge on any atom is -0.310 e. The van der Waals surface area contributed by atoms with Crippen LogP contribution in [0.15, 0.2) is 36.5 Å². The molecular formula is C14H14ClN3O. The Balaban J connectivity index is 1.86. The Morgan fingerprint density at radius 2 is 2.00 bits per heavy atom. The van der Waals surface area contributed by atoms with Crippen LogP contribution in [-0.4, -0.2) is 16.1 Å². The monoisotopic (exact) mass is 275 g/mol. The summed E-state index contributed by atoms with van der Waals surface area (Å²) in [4.78, 5) is 12.5. The van der Waals surface area contributed by atoms with Crippen molar-refractivity contribution in [1.82, 2.24) is 10.2 Å². The molecule has 1 aromatic heterocycles. The summed E-state index contributed by atoms with van der Waals surface area (Å²) in [6, 6.07) is 9.29. The van der Waals surface area contributed by atoms with Gasteiger partial charge in [0.15, 0.2) is 0 Å². The number of hydrogen-bond donors (Lipinski definition) is 2. The van der Waals surface area contributed by atoms with Gasteiger partial charge in [-0.3, -0.25) is 9.89 Å². The molecule has 0 radical (unpaired) electrons. The van der Waals surface area contributed by atoms with Crippen LogP contribution in [0.5, 0.6) is 0 Å². The molecule has 0 bridgehead atoms. The number of carbonyl (C=O) groups is 1. The normalized spacial score (nSPS) is 16.7. The Hall–Kier alpha value is -1.81. The molecule has 98 valence electrons. The third-order valence-corrected chi connectivity index (χ3v) is 4.04. The Bertz CT molecular complexity index is 573. The number of nitrogens with zero attached hydrogens (tertiary/aromatic N) is 1. The van der Waals surface area contributed by atoms with Crippen molar-refractivity contribution in [2.75, 3.05) is 5.32 Å². The second-order valence-corrected chi connectivity index (χ2v) is 5.30. The molecule has 3 rings (SSSR count). The van der Waals surface area contributed by atoms with E-state index in [0.717, 1.165) is 24.8 Å². The van der Waals surface area contributed by atoms with Crippen molar-refractivity contribution in [3.05, 3.63) is 47.1 Å². The molecule has 1 amide bonds. The van der Waals surface area contributed by atoms with E-state index < -0.39 is 5.41 Å². The van der Waals surface area contributed by atoms with Crippen LogP contribution in [0.3, 0.4) is 0 Å². The largest absolute Gasteiger partial charge is 0.310 e. The van der Waals surface area contributed by atoms with Gasteiger partial charge in [-0.15, -0.1) is 0 Å². The molecule has 0 saturated heterocycles. The van der Waals surface area contributed by atoms with Gasteiger partial charge in [0.1, 0.15) is 5.82 Å². The number of anilines is 1. The highest BCUT2D eigenvalue weighted by molar-refractivity contribution is 6.30. The molecule has 4 nitrogen and oxygen atoms in total. The number of carbonyl (C=O) groups excluding carboxylic acids is 1.